The molecule has 7 nitrogen and oxygen atoms in total. The number of halogens is 1. The Morgan fingerprint density at radius 1 is 1.12 bits per heavy atom. The number of nitrogens with one attached hydrogen (secondary N) is 2. The largest absolute Gasteiger partial charge is 0.490 e. The van der Waals surface area contributed by atoms with E-state index < -0.39 is 0 Å². The first-order valence-corrected chi connectivity index (χ1v) is 12.1. The SMILES string of the molecule is N#Cc1ccc(O[C@H]2CC[C@H](N3Cc4nc(NC5CCNCC5)ccc4C3=O)CC2)cc1Cl. The lowest BCUT2D eigenvalue weighted by Crippen LogP contribution is -2.40. The van der Waals surface area contributed by atoms with Gasteiger partial charge in [-0.15, -0.1) is 0 Å². The van der Waals surface area contributed by atoms with E-state index in [4.69, 9.17) is 26.6 Å². The lowest BCUT2D eigenvalue weighted by molar-refractivity contribution is 0.0560. The molecule has 1 aromatic heterocycles. The summed E-state index contributed by atoms with van der Waals surface area (Å²) in [4.78, 5) is 19.8. The molecule has 1 amide bonds. The van der Waals surface area contributed by atoms with E-state index in [1.165, 1.54) is 0 Å². The summed E-state index contributed by atoms with van der Waals surface area (Å²) in [6, 6.07) is 11.7. The molecule has 5 rings (SSSR count). The predicted octanol–water partition coefficient (Wildman–Crippen LogP) is 4.12. The third-order valence-electron chi connectivity index (χ3n) is 6.92. The first-order chi connectivity index (χ1) is 16.1. The lowest BCUT2D eigenvalue weighted by atomic mass is 9.92. The van der Waals surface area contributed by atoms with Crippen molar-refractivity contribution in [1.29, 1.82) is 5.26 Å². The lowest BCUT2D eigenvalue weighted by Gasteiger charge is -2.34. The molecule has 2 fully saturated rings. The van der Waals surface area contributed by atoms with Crippen LogP contribution in [-0.4, -0.2) is 47.1 Å². The number of nitrogens with zero attached hydrogens (tertiary/aromatic N) is 3. The Kier molecular flexibility index (Phi) is 6.39. The highest BCUT2D eigenvalue weighted by Crippen LogP contribution is 2.33. The van der Waals surface area contributed by atoms with Crippen molar-refractivity contribution in [2.45, 2.75) is 63.3 Å². The number of piperidine rings is 1. The number of rotatable bonds is 5. The molecule has 0 spiro atoms. The summed E-state index contributed by atoms with van der Waals surface area (Å²) in [6.45, 7) is 2.64. The summed E-state index contributed by atoms with van der Waals surface area (Å²) in [6.07, 6.45) is 5.80. The summed E-state index contributed by atoms with van der Waals surface area (Å²) >= 11 is 6.12. The van der Waals surface area contributed by atoms with Crippen molar-refractivity contribution >= 4 is 23.3 Å². The van der Waals surface area contributed by atoms with Crippen LogP contribution < -0.4 is 15.4 Å². The van der Waals surface area contributed by atoms with Crippen molar-refractivity contribution in [1.82, 2.24) is 15.2 Å². The van der Waals surface area contributed by atoms with Crippen LogP contribution in [0.2, 0.25) is 5.02 Å². The van der Waals surface area contributed by atoms with Crippen molar-refractivity contribution < 1.29 is 9.53 Å². The Hall–Kier alpha value is -2.82. The Morgan fingerprint density at radius 2 is 1.91 bits per heavy atom. The average Bonchev–Trinajstić information content (AvgIpc) is 3.16. The molecule has 0 atom stereocenters. The Labute approximate surface area is 199 Å². The van der Waals surface area contributed by atoms with Crippen molar-refractivity contribution in [3.8, 4) is 11.8 Å². The second kappa shape index (κ2) is 9.58. The quantitative estimate of drug-likeness (QED) is 0.690. The van der Waals surface area contributed by atoms with Crippen LogP contribution in [0.1, 0.15) is 60.1 Å². The number of anilines is 1. The fraction of sp³-hybridized carbons (Fsp3) is 0.480. The van der Waals surface area contributed by atoms with Crippen LogP contribution in [0.15, 0.2) is 30.3 Å². The zero-order chi connectivity index (χ0) is 22.8. The van der Waals surface area contributed by atoms with Gasteiger partial charge >= 0.3 is 0 Å². The Morgan fingerprint density at radius 3 is 2.64 bits per heavy atom. The third kappa shape index (κ3) is 4.78. The Bertz CT molecular complexity index is 1070. The van der Waals surface area contributed by atoms with Gasteiger partial charge in [-0.3, -0.25) is 4.79 Å². The number of ether oxygens (including phenoxy) is 1. The number of benzene rings is 1. The van der Waals surface area contributed by atoms with E-state index in [1.54, 1.807) is 18.2 Å². The molecule has 1 aliphatic carbocycles. The van der Waals surface area contributed by atoms with Gasteiger partial charge in [0, 0.05) is 18.2 Å². The summed E-state index contributed by atoms with van der Waals surface area (Å²) < 4.78 is 6.10. The normalized spacial score (nSPS) is 23.2. The number of fused-ring (bicyclic) bond motifs is 1. The molecule has 1 saturated heterocycles. The maximum absolute atomic E-state index is 13.1. The number of nitriles is 1. The molecular formula is C25H28ClN5O2. The maximum atomic E-state index is 13.1. The second-order valence-corrected chi connectivity index (χ2v) is 9.50. The zero-order valence-electron chi connectivity index (χ0n) is 18.5. The standard InChI is InChI=1S/C25H28ClN5O2/c26-22-13-20(4-1-16(22)14-27)33-19-5-2-18(3-6-19)31-15-23-21(25(31)32)7-8-24(30-23)29-17-9-11-28-12-10-17/h1,4,7-8,13,17-19,28H,2-3,5-6,9-12,15H2,(H,29,30)/t18-,19-. The van der Waals surface area contributed by atoms with Crippen LogP contribution in [0.3, 0.4) is 0 Å². The van der Waals surface area contributed by atoms with Gasteiger partial charge in [-0.2, -0.15) is 5.26 Å². The van der Waals surface area contributed by atoms with Crippen molar-refractivity contribution in [2.24, 2.45) is 0 Å². The van der Waals surface area contributed by atoms with Crippen molar-refractivity contribution in [3.63, 3.8) is 0 Å². The first-order valence-electron chi connectivity index (χ1n) is 11.7. The fourth-order valence-electron chi connectivity index (χ4n) is 5.08. The molecule has 1 aromatic carbocycles. The molecular weight excluding hydrogens is 438 g/mol. The first kappa shape index (κ1) is 22.0. The molecule has 0 bridgehead atoms. The number of carbonyl (C=O) groups is 1. The van der Waals surface area contributed by atoms with Crippen molar-refractivity contribution in [3.05, 3.63) is 52.2 Å². The monoisotopic (exact) mass is 465 g/mol. The molecule has 172 valence electrons. The van der Waals surface area contributed by atoms with E-state index in [0.717, 1.165) is 68.7 Å². The van der Waals surface area contributed by atoms with Gasteiger partial charge in [0.05, 0.1) is 34.5 Å². The minimum absolute atomic E-state index is 0.0873. The summed E-state index contributed by atoms with van der Waals surface area (Å²) in [5, 5.41) is 16.3. The van der Waals surface area contributed by atoms with Gasteiger partial charge in [0.2, 0.25) is 0 Å². The molecule has 33 heavy (non-hydrogen) atoms. The van der Waals surface area contributed by atoms with Crippen LogP contribution >= 0.6 is 11.6 Å². The number of carbonyl (C=O) groups excluding carboxylic acids is 1. The average molecular weight is 466 g/mol. The van der Waals surface area contributed by atoms with Crippen LogP contribution in [0.5, 0.6) is 5.75 Å². The highest BCUT2D eigenvalue weighted by molar-refractivity contribution is 6.31. The van der Waals surface area contributed by atoms with E-state index in [2.05, 4.69) is 16.7 Å². The van der Waals surface area contributed by atoms with E-state index in [0.29, 0.717) is 28.9 Å². The minimum atomic E-state index is 0.0873. The number of pyridine rings is 1. The van der Waals surface area contributed by atoms with Crippen LogP contribution in [0.4, 0.5) is 5.82 Å². The number of hydrogen-bond acceptors (Lipinski definition) is 6. The molecule has 0 radical (unpaired) electrons. The number of amides is 1. The third-order valence-corrected chi connectivity index (χ3v) is 7.24. The van der Waals surface area contributed by atoms with Gasteiger partial charge in [0.15, 0.2) is 0 Å². The minimum Gasteiger partial charge on any atom is -0.490 e. The van der Waals surface area contributed by atoms with E-state index in [1.807, 2.05) is 17.0 Å². The van der Waals surface area contributed by atoms with Gasteiger partial charge < -0.3 is 20.3 Å². The fourth-order valence-corrected chi connectivity index (χ4v) is 5.29. The van der Waals surface area contributed by atoms with E-state index >= 15 is 0 Å². The molecule has 3 heterocycles. The highest BCUT2D eigenvalue weighted by Gasteiger charge is 2.36. The van der Waals surface area contributed by atoms with E-state index in [-0.39, 0.29) is 18.1 Å². The van der Waals surface area contributed by atoms with Gasteiger partial charge in [-0.1, -0.05) is 11.6 Å². The van der Waals surface area contributed by atoms with Gasteiger partial charge in [0.25, 0.3) is 5.91 Å². The molecule has 2 aromatic rings. The van der Waals surface area contributed by atoms with Gasteiger partial charge in [-0.05, 0) is 75.9 Å². The summed E-state index contributed by atoms with van der Waals surface area (Å²) in [7, 11) is 0. The van der Waals surface area contributed by atoms with Crippen LogP contribution in [0.25, 0.3) is 0 Å². The van der Waals surface area contributed by atoms with Crippen LogP contribution in [-0.2, 0) is 6.54 Å². The molecule has 0 unspecified atom stereocenters. The number of hydrogen-bond donors (Lipinski definition) is 2. The zero-order valence-corrected chi connectivity index (χ0v) is 19.3. The smallest absolute Gasteiger partial charge is 0.256 e. The van der Waals surface area contributed by atoms with Gasteiger partial charge in [0.1, 0.15) is 17.6 Å². The molecule has 1 saturated carbocycles. The Balaban J connectivity index is 1.17. The van der Waals surface area contributed by atoms with E-state index in [9.17, 15) is 4.79 Å². The number of aromatic nitrogens is 1. The predicted molar refractivity (Wildman–Crippen MR) is 126 cm³/mol. The topological polar surface area (TPSA) is 90.3 Å². The molecule has 8 heteroatoms. The van der Waals surface area contributed by atoms with Gasteiger partial charge in [-0.25, -0.2) is 4.98 Å². The second-order valence-electron chi connectivity index (χ2n) is 9.09. The van der Waals surface area contributed by atoms with Crippen molar-refractivity contribution in [2.75, 3.05) is 18.4 Å². The summed E-state index contributed by atoms with van der Waals surface area (Å²) in [5.74, 6) is 1.65. The molecule has 2 N–H and O–H groups in total. The highest BCUT2D eigenvalue weighted by atomic mass is 35.5. The summed E-state index contributed by atoms with van der Waals surface area (Å²) in [5.41, 5.74) is 2.06. The van der Waals surface area contributed by atoms with Crippen LogP contribution in [0, 0.1) is 11.3 Å². The molecule has 3 aliphatic rings. The maximum Gasteiger partial charge on any atom is 0.256 e. The molecule has 2 aliphatic heterocycles.